The molecular weight excluding hydrogens is 795 g/mol. The van der Waals surface area contributed by atoms with Crippen LogP contribution in [0.3, 0.4) is 0 Å². The summed E-state index contributed by atoms with van der Waals surface area (Å²) in [5.74, 6) is -0.264. The monoisotopic (exact) mass is 841 g/mol. The van der Waals surface area contributed by atoms with Gasteiger partial charge in [-0.3, -0.25) is 14.4 Å². The van der Waals surface area contributed by atoms with E-state index in [9.17, 15) is 19.2 Å². The number of amides is 4. The van der Waals surface area contributed by atoms with Crippen molar-refractivity contribution in [2.24, 2.45) is 0 Å². The van der Waals surface area contributed by atoms with Crippen molar-refractivity contribution in [3.8, 4) is 33.2 Å². The summed E-state index contributed by atoms with van der Waals surface area (Å²) >= 11 is 1.53. The molecule has 0 radical (unpaired) electrons. The first kappa shape index (κ1) is 42.0. The predicted octanol–water partition coefficient (Wildman–Crippen LogP) is 6.43. The third-order valence-electron chi connectivity index (χ3n) is 10.2. The molecule has 16 nitrogen and oxygen atoms in total. The first-order chi connectivity index (χ1) is 29.8. The van der Waals surface area contributed by atoms with Crippen LogP contribution >= 0.6 is 11.3 Å². The Hall–Kier alpha value is -7.14. The van der Waals surface area contributed by atoms with Crippen LogP contribution in [0.15, 0.2) is 116 Å². The van der Waals surface area contributed by atoms with Gasteiger partial charge in [0.25, 0.3) is 0 Å². The van der Waals surface area contributed by atoms with E-state index in [0.717, 1.165) is 101 Å². The molecule has 4 aromatic heterocycles. The van der Waals surface area contributed by atoms with Crippen molar-refractivity contribution < 1.29 is 23.9 Å². The van der Waals surface area contributed by atoms with Gasteiger partial charge in [-0.2, -0.15) is 5.10 Å². The van der Waals surface area contributed by atoms with Crippen LogP contribution in [-0.4, -0.2) is 101 Å². The second-order valence-corrected chi connectivity index (χ2v) is 15.3. The number of carbonyl (C=O) groups excluding carboxylic acids is 4. The van der Waals surface area contributed by atoms with Crippen LogP contribution in [0.25, 0.3) is 38.2 Å². The predicted molar refractivity (Wildman–Crippen MR) is 231 cm³/mol. The Kier molecular flexibility index (Phi) is 13.9. The minimum Gasteiger partial charge on any atom is -0.453 e. The van der Waals surface area contributed by atoms with E-state index >= 15 is 0 Å². The lowest BCUT2D eigenvalue weighted by molar-refractivity contribution is -0.135. The lowest BCUT2D eigenvalue weighted by Crippen LogP contribution is -2.41. The van der Waals surface area contributed by atoms with Crippen molar-refractivity contribution in [1.82, 2.24) is 55.0 Å². The number of benzene rings is 3. The number of methoxy groups -OCH3 is 1. The molecular formula is C44H47N11O5S. The van der Waals surface area contributed by atoms with Crippen LogP contribution in [0.4, 0.5) is 4.79 Å². The number of imidazole rings is 3. The van der Waals surface area contributed by atoms with Gasteiger partial charge in [0.15, 0.2) is 5.01 Å². The number of nitrogens with zero attached hydrogens (tertiary/aromatic N) is 7. The number of fused-ring (bicyclic) bond motifs is 1. The lowest BCUT2D eigenvalue weighted by Gasteiger charge is -2.23. The third kappa shape index (κ3) is 10.7. The van der Waals surface area contributed by atoms with Crippen LogP contribution in [0.1, 0.15) is 55.8 Å². The normalized spacial score (nSPS) is 14.3. The fraction of sp³-hybridized carbons (Fsp3) is 0.273. The third-order valence-corrected chi connectivity index (χ3v) is 11.1. The number of hydrogen-bond acceptors (Lipinski definition) is 10. The molecule has 314 valence electrons. The second-order valence-electron chi connectivity index (χ2n) is 14.4. The van der Waals surface area contributed by atoms with Crippen molar-refractivity contribution in [2.45, 2.75) is 44.7 Å². The van der Waals surface area contributed by atoms with Crippen molar-refractivity contribution in [3.63, 3.8) is 0 Å². The zero-order valence-corrected chi connectivity index (χ0v) is 34.7. The summed E-state index contributed by atoms with van der Waals surface area (Å²) in [6, 6.07) is 25.6. The number of alkyl carbamates (subject to hydrolysis) is 1. The van der Waals surface area contributed by atoms with E-state index in [0.29, 0.717) is 0 Å². The fourth-order valence-electron chi connectivity index (χ4n) is 7.04. The van der Waals surface area contributed by atoms with Gasteiger partial charge in [0.1, 0.15) is 12.1 Å². The number of ether oxygens (including phenoxy) is 1. The van der Waals surface area contributed by atoms with Crippen LogP contribution < -0.4 is 10.6 Å². The Labute approximate surface area is 356 Å². The summed E-state index contributed by atoms with van der Waals surface area (Å²) in [7, 11) is 1.29. The van der Waals surface area contributed by atoms with E-state index in [4.69, 9.17) is 0 Å². The maximum atomic E-state index is 12.5. The zero-order chi connectivity index (χ0) is 42.6. The first-order valence-corrected chi connectivity index (χ1v) is 20.8. The molecule has 17 heteroatoms. The molecule has 2 aliphatic heterocycles. The average Bonchev–Trinajstić information content (AvgIpc) is 4.15. The van der Waals surface area contributed by atoms with E-state index in [2.05, 4.69) is 69.7 Å². The Morgan fingerprint density at radius 3 is 1.67 bits per heavy atom. The van der Waals surface area contributed by atoms with E-state index in [1.807, 2.05) is 78.0 Å². The number of likely N-dealkylation sites (tertiary alicyclic amines) is 2. The minimum absolute atomic E-state index is 0.00565. The summed E-state index contributed by atoms with van der Waals surface area (Å²) in [5.41, 5.74) is 6.56. The van der Waals surface area contributed by atoms with Crippen molar-refractivity contribution in [3.05, 3.63) is 127 Å². The number of aromatic amines is 2. The van der Waals surface area contributed by atoms with Gasteiger partial charge in [-0.25, -0.2) is 24.3 Å². The summed E-state index contributed by atoms with van der Waals surface area (Å²) in [6.45, 7) is 4.53. The second kappa shape index (κ2) is 20.2. The van der Waals surface area contributed by atoms with Crippen molar-refractivity contribution in [2.75, 3.05) is 33.3 Å². The highest BCUT2D eigenvalue weighted by Gasteiger charge is 2.30. The first-order valence-electron chi connectivity index (χ1n) is 20.0. The van der Waals surface area contributed by atoms with E-state index < -0.39 is 18.2 Å². The van der Waals surface area contributed by atoms with E-state index in [1.165, 1.54) is 25.4 Å². The fourth-order valence-corrected chi connectivity index (χ4v) is 7.90. The van der Waals surface area contributed by atoms with Crippen LogP contribution in [0, 0.1) is 0 Å². The van der Waals surface area contributed by atoms with Crippen LogP contribution in [0.2, 0.25) is 0 Å². The highest BCUT2D eigenvalue weighted by atomic mass is 32.1. The molecule has 2 fully saturated rings. The number of hydrogen-bond donors (Lipinski definition) is 4. The van der Waals surface area contributed by atoms with E-state index in [-0.39, 0.29) is 17.7 Å². The van der Waals surface area contributed by atoms with Gasteiger partial charge in [-0.05, 0) is 42.4 Å². The molecule has 0 saturated carbocycles. The summed E-state index contributed by atoms with van der Waals surface area (Å²) in [5, 5.41) is 10.8. The number of carbonyl (C=O) groups is 4. The quantitative estimate of drug-likeness (QED) is 0.127. The van der Waals surface area contributed by atoms with Crippen LogP contribution in [-0.2, 0) is 19.1 Å². The number of aromatic nitrogens is 7. The van der Waals surface area contributed by atoms with E-state index in [1.54, 1.807) is 28.3 Å². The number of nitrogens with one attached hydrogen (secondary N) is 4. The molecule has 61 heavy (non-hydrogen) atoms. The average molecular weight is 842 g/mol. The Balaban J connectivity index is 0.000000140. The van der Waals surface area contributed by atoms with Gasteiger partial charge in [0, 0.05) is 38.7 Å². The molecule has 2 aliphatic rings. The maximum absolute atomic E-state index is 12.5. The van der Waals surface area contributed by atoms with Gasteiger partial charge >= 0.3 is 6.09 Å². The Morgan fingerprint density at radius 1 is 0.689 bits per heavy atom. The molecule has 2 saturated heterocycles. The molecule has 2 unspecified atom stereocenters. The molecule has 0 aliphatic carbocycles. The summed E-state index contributed by atoms with van der Waals surface area (Å²) < 4.78 is 6.40. The maximum Gasteiger partial charge on any atom is 0.407 e. The van der Waals surface area contributed by atoms with Gasteiger partial charge in [-0.1, -0.05) is 96.3 Å². The molecule has 0 spiro atoms. The zero-order valence-electron chi connectivity index (χ0n) is 33.9. The number of rotatable bonds is 9. The summed E-state index contributed by atoms with van der Waals surface area (Å²) in [6.07, 6.45) is 12.4. The van der Waals surface area contributed by atoms with Crippen molar-refractivity contribution in [1.29, 1.82) is 0 Å². The van der Waals surface area contributed by atoms with Gasteiger partial charge < -0.3 is 35.1 Å². The van der Waals surface area contributed by atoms with Crippen LogP contribution in [0.5, 0.6) is 0 Å². The van der Waals surface area contributed by atoms with Gasteiger partial charge in [0.2, 0.25) is 22.7 Å². The van der Waals surface area contributed by atoms with Gasteiger partial charge in [-0.15, -0.1) is 0 Å². The van der Waals surface area contributed by atoms with Gasteiger partial charge in [0.05, 0.1) is 55.4 Å². The van der Waals surface area contributed by atoms with Crippen molar-refractivity contribution >= 4 is 40.1 Å². The molecule has 2 atom stereocenters. The Bertz CT molecular complexity index is 2450. The Morgan fingerprint density at radius 2 is 1.20 bits per heavy atom. The largest absolute Gasteiger partial charge is 0.453 e. The lowest BCUT2D eigenvalue weighted by atomic mass is 10.1. The SMILES string of the molecule is CC(=O)NC(C(=O)N1CCCC1)c1ccccc1.COC(=O)NC(C(=O)N1CCCC1)c1ccccc1.c1ncc(-c2ccc(-c3cn4nc(-c5cnc[nH]5)sc4n3)cc2)[nH]1. The highest BCUT2D eigenvalue weighted by molar-refractivity contribution is 7.19. The smallest absolute Gasteiger partial charge is 0.407 e. The molecule has 6 heterocycles. The minimum atomic E-state index is -0.674. The highest BCUT2D eigenvalue weighted by Crippen LogP contribution is 2.28. The molecule has 4 N–H and O–H groups in total. The molecule has 3 aromatic carbocycles. The standard InChI is InChI=1S/C16H11N7S.C14H18N2O3.C14H18N2O2/c1-3-11(4-2-10(1)12-5-17-8-19-12)14-7-23-16(21-14)24-15(22-23)13-6-18-9-20-13;1-19-14(18)15-12(11-7-3-2-4-8-11)13(17)16-9-5-6-10-16;1-11(17)15-13(12-7-3-2-4-8-12)14(18)16-9-5-6-10-16/h1-9H,(H,17,19)(H,18,20);2-4,7-8,12H,5-6,9-10H2,1H3,(H,15,18);2-4,7-8,13H,5-6,9-10H2,1H3,(H,15,17). The summed E-state index contributed by atoms with van der Waals surface area (Å²) in [4.78, 5) is 70.9. The molecule has 0 bridgehead atoms. The molecule has 7 aromatic rings. The molecule has 4 amide bonds. The number of H-pyrrole nitrogens is 2. The molecule has 9 rings (SSSR count). The topological polar surface area (TPSA) is 196 Å².